The number of hydrogen-bond acceptors (Lipinski definition) is 2. The number of H-pyrrole nitrogens is 1. The minimum Gasteiger partial charge on any atom is -0.382 e. The Labute approximate surface area is 97.4 Å². The first-order valence-corrected chi connectivity index (χ1v) is 4.68. The molecule has 3 N–H and O–H groups in total. The van der Waals surface area contributed by atoms with Gasteiger partial charge in [0.2, 0.25) is 0 Å². The van der Waals surface area contributed by atoms with Crippen LogP contribution in [0.2, 0.25) is 0 Å². The number of rotatable bonds is 2. The average molecular weight is 263 g/mol. The van der Waals surface area contributed by atoms with E-state index in [0.717, 1.165) is 0 Å². The predicted octanol–water partition coefficient (Wildman–Crippen LogP) is 3.01. The van der Waals surface area contributed by atoms with Crippen LogP contribution in [-0.2, 0) is 0 Å². The summed E-state index contributed by atoms with van der Waals surface area (Å²) in [5, 5.41) is 5.29. The molecule has 0 spiro atoms. The molecule has 1 aromatic carbocycles. The molecular formula is C10H6F5N3. The first-order chi connectivity index (χ1) is 8.41. The third-order valence-corrected chi connectivity index (χ3v) is 2.31. The van der Waals surface area contributed by atoms with Crippen LogP contribution in [0.25, 0.3) is 11.1 Å². The number of nitrogen functional groups attached to an aromatic ring is 1. The Bertz CT molecular complexity index is 570. The van der Waals surface area contributed by atoms with Crippen molar-refractivity contribution < 1.29 is 22.0 Å². The van der Waals surface area contributed by atoms with Crippen LogP contribution in [0.1, 0.15) is 12.1 Å². The van der Waals surface area contributed by atoms with Gasteiger partial charge in [-0.2, -0.15) is 5.10 Å². The summed E-state index contributed by atoms with van der Waals surface area (Å²) in [4.78, 5) is 0. The van der Waals surface area contributed by atoms with Gasteiger partial charge in [0, 0.05) is 0 Å². The Morgan fingerprint density at radius 3 is 2.17 bits per heavy atom. The van der Waals surface area contributed by atoms with E-state index in [1.807, 2.05) is 5.10 Å². The molecular weight excluding hydrogens is 257 g/mol. The second-order valence-electron chi connectivity index (χ2n) is 3.45. The fraction of sp³-hybridized carbons (Fsp3) is 0.100. The van der Waals surface area contributed by atoms with E-state index in [4.69, 9.17) is 5.73 Å². The highest BCUT2D eigenvalue weighted by atomic mass is 19.3. The quantitative estimate of drug-likeness (QED) is 0.646. The van der Waals surface area contributed by atoms with Crippen molar-refractivity contribution in [1.82, 2.24) is 10.2 Å². The van der Waals surface area contributed by atoms with Crippen LogP contribution in [0.15, 0.2) is 12.1 Å². The molecule has 8 heteroatoms. The van der Waals surface area contributed by atoms with Gasteiger partial charge in [0.15, 0.2) is 23.3 Å². The Morgan fingerprint density at radius 2 is 1.67 bits per heavy atom. The molecule has 0 aliphatic rings. The lowest BCUT2D eigenvalue weighted by atomic mass is 10.0. The van der Waals surface area contributed by atoms with Gasteiger partial charge in [-0.3, -0.25) is 5.10 Å². The smallest absolute Gasteiger partial charge is 0.280 e. The van der Waals surface area contributed by atoms with Gasteiger partial charge in [0.25, 0.3) is 6.43 Å². The minimum absolute atomic E-state index is 0.312. The molecule has 18 heavy (non-hydrogen) atoms. The number of nitrogens with two attached hydrogens (primary N) is 1. The number of nitrogens with one attached hydrogen (secondary N) is 1. The largest absolute Gasteiger partial charge is 0.382 e. The van der Waals surface area contributed by atoms with E-state index in [9.17, 15) is 22.0 Å². The zero-order chi connectivity index (χ0) is 13.4. The van der Waals surface area contributed by atoms with E-state index < -0.39 is 29.6 Å². The van der Waals surface area contributed by atoms with Crippen LogP contribution in [-0.4, -0.2) is 10.2 Å². The Kier molecular flexibility index (Phi) is 2.93. The normalized spacial score (nSPS) is 11.2. The van der Waals surface area contributed by atoms with E-state index in [-0.39, 0.29) is 16.9 Å². The molecule has 0 saturated carbocycles. The fourth-order valence-electron chi connectivity index (χ4n) is 1.53. The Hall–Kier alpha value is -2.12. The fourth-order valence-corrected chi connectivity index (χ4v) is 1.53. The van der Waals surface area contributed by atoms with Crippen LogP contribution in [0.4, 0.5) is 27.8 Å². The second kappa shape index (κ2) is 4.28. The van der Waals surface area contributed by atoms with E-state index in [1.54, 1.807) is 0 Å². The molecule has 2 rings (SSSR count). The third-order valence-electron chi connectivity index (χ3n) is 2.31. The highest BCUT2D eigenvalue weighted by Crippen LogP contribution is 2.34. The van der Waals surface area contributed by atoms with Crippen LogP contribution in [0, 0.1) is 17.5 Å². The summed E-state index contributed by atoms with van der Waals surface area (Å²) < 4.78 is 64.0. The highest BCUT2D eigenvalue weighted by Gasteiger charge is 2.22. The number of aromatic amines is 1. The summed E-state index contributed by atoms with van der Waals surface area (Å²) in [6.45, 7) is 0. The lowest BCUT2D eigenvalue weighted by Crippen LogP contribution is -1.96. The van der Waals surface area contributed by atoms with Gasteiger partial charge in [0.1, 0.15) is 5.69 Å². The van der Waals surface area contributed by atoms with Crippen molar-refractivity contribution in [2.24, 2.45) is 0 Å². The van der Waals surface area contributed by atoms with E-state index in [0.29, 0.717) is 12.1 Å². The molecule has 0 radical (unpaired) electrons. The van der Waals surface area contributed by atoms with Crippen LogP contribution in [0.3, 0.4) is 0 Å². The maximum atomic E-state index is 13.0. The summed E-state index contributed by atoms with van der Waals surface area (Å²) >= 11 is 0. The molecule has 0 fully saturated rings. The van der Waals surface area contributed by atoms with E-state index >= 15 is 0 Å². The van der Waals surface area contributed by atoms with Gasteiger partial charge in [-0.1, -0.05) is 0 Å². The minimum atomic E-state index is -2.96. The molecule has 3 nitrogen and oxygen atoms in total. The van der Waals surface area contributed by atoms with Crippen molar-refractivity contribution in [2.45, 2.75) is 6.43 Å². The number of halogens is 5. The van der Waals surface area contributed by atoms with Gasteiger partial charge >= 0.3 is 0 Å². The van der Waals surface area contributed by atoms with Crippen molar-refractivity contribution in [1.29, 1.82) is 0 Å². The third kappa shape index (κ3) is 1.89. The van der Waals surface area contributed by atoms with Crippen molar-refractivity contribution in [3.8, 4) is 11.1 Å². The molecule has 1 heterocycles. The summed E-state index contributed by atoms with van der Waals surface area (Å²) in [6, 6.07) is 1.15. The summed E-state index contributed by atoms with van der Waals surface area (Å²) in [6.07, 6.45) is -2.96. The van der Waals surface area contributed by atoms with Crippen molar-refractivity contribution >= 4 is 5.82 Å². The van der Waals surface area contributed by atoms with Gasteiger partial charge in [-0.05, 0) is 17.7 Å². The molecule has 1 aromatic heterocycles. The first kappa shape index (κ1) is 12.3. The molecule has 0 aliphatic heterocycles. The van der Waals surface area contributed by atoms with Gasteiger partial charge < -0.3 is 5.73 Å². The Morgan fingerprint density at radius 1 is 1.11 bits per heavy atom. The monoisotopic (exact) mass is 263 g/mol. The lowest BCUT2D eigenvalue weighted by Gasteiger charge is -2.05. The van der Waals surface area contributed by atoms with Crippen LogP contribution < -0.4 is 5.73 Å². The molecule has 0 unspecified atom stereocenters. The molecule has 0 amide bonds. The molecule has 0 atom stereocenters. The zero-order valence-corrected chi connectivity index (χ0v) is 8.65. The lowest BCUT2D eigenvalue weighted by molar-refractivity contribution is 0.146. The summed E-state index contributed by atoms with van der Waals surface area (Å²) in [5.41, 5.74) is 4.00. The summed E-state index contributed by atoms with van der Waals surface area (Å²) in [5.74, 6) is -5.02. The second-order valence-corrected chi connectivity index (χ2v) is 3.45. The van der Waals surface area contributed by atoms with Crippen molar-refractivity contribution in [2.75, 3.05) is 5.73 Å². The summed E-state index contributed by atoms with van der Waals surface area (Å²) in [7, 11) is 0. The Balaban J connectivity index is 2.65. The number of hydrogen-bond donors (Lipinski definition) is 2. The SMILES string of the molecule is Nc1n[nH]c(C(F)F)c1-c1cc(F)c(F)c(F)c1. The standard InChI is InChI=1S/C10H6F5N3/c11-4-1-3(2-5(12)7(4)13)6-8(9(14)15)17-18-10(6)16/h1-2,9H,(H3,16,17,18). The van der Waals surface area contributed by atoms with Crippen molar-refractivity contribution in [3.05, 3.63) is 35.3 Å². The number of aromatic nitrogens is 2. The number of benzene rings is 1. The number of nitrogens with zero attached hydrogens (tertiary/aromatic N) is 1. The number of anilines is 1. The zero-order valence-electron chi connectivity index (χ0n) is 8.65. The number of alkyl halides is 2. The topological polar surface area (TPSA) is 54.7 Å². The molecule has 0 aliphatic carbocycles. The first-order valence-electron chi connectivity index (χ1n) is 4.68. The maximum absolute atomic E-state index is 13.0. The molecule has 96 valence electrons. The molecule has 0 bridgehead atoms. The van der Waals surface area contributed by atoms with Crippen LogP contribution >= 0.6 is 0 Å². The molecule has 0 saturated heterocycles. The van der Waals surface area contributed by atoms with Gasteiger partial charge in [-0.15, -0.1) is 0 Å². The van der Waals surface area contributed by atoms with Gasteiger partial charge in [-0.25, -0.2) is 22.0 Å². The maximum Gasteiger partial charge on any atom is 0.280 e. The van der Waals surface area contributed by atoms with Crippen LogP contribution in [0.5, 0.6) is 0 Å². The van der Waals surface area contributed by atoms with E-state index in [2.05, 4.69) is 5.10 Å². The average Bonchev–Trinajstić information content (AvgIpc) is 2.67. The van der Waals surface area contributed by atoms with Crippen molar-refractivity contribution in [3.63, 3.8) is 0 Å². The predicted molar refractivity (Wildman–Crippen MR) is 53.3 cm³/mol. The van der Waals surface area contributed by atoms with E-state index in [1.165, 1.54) is 0 Å². The molecule has 2 aromatic rings. The highest BCUT2D eigenvalue weighted by molar-refractivity contribution is 5.76. The van der Waals surface area contributed by atoms with Gasteiger partial charge in [0.05, 0.1) is 5.56 Å².